The van der Waals surface area contributed by atoms with Gasteiger partial charge in [0.25, 0.3) is 0 Å². The van der Waals surface area contributed by atoms with Gasteiger partial charge in [0.15, 0.2) is 0 Å². The molecule has 2 rings (SSSR count). The van der Waals surface area contributed by atoms with Crippen LogP contribution in [0.4, 0.5) is 0 Å². The van der Waals surface area contributed by atoms with Crippen LogP contribution in [0, 0.1) is 0 Å². The van der Waals surface area contributed by atoms with Crippen molar-refractivity contribution < 1.29 is 36.4 Å². The van der Waals surface area contributed by atoms with E-state index in [0.717, 1.165) is 11.1 Å². The van der Waals surface area contributed by atoms with Crippen LogP contribution >= 0.6 is 12.4 Å². The Hall–Kier alpha value is -0.787. The molecule has 0 fully saturated rings. The molecule has 2 aromatic rings. The molecule has 0 atom stereocenters. The molecule has 0 aromatic heterocycles. The quantitative estimate of drug-likeness (QED) is 0.557. The van der Waals surface area contributed by atoms with Gasteiger partial charge >= 0.3 is 0 Å². The van der Waals surface area contributed by atoms with Crippen molar-refractivity contribution in [3.05, 3.63) is 59.7 Å². The van der Waals surface area contributed by atoms with Crippen molar-refractivity contribution in [2.45, 2.75) is 52.4 Å². The number of rotatable bonds is 0. The molecule has 0 aliphatic carbocycles. The van der Waals surface area contributed by atoms with Crippen molar-refractivity contribution in [3.8, 4) is 11.5 Å². The second-order valence-corrected chi connectivity index (χ2v) is 7.57. The summed E-state index contributed by atoms with van der Waals surface area (Å²) in [6.07, 6.45) is 0. The van der Waals surface area contributed by atoms with Gasteiger partial charge in [-0.3, -0.25) is 0 Å². The van der Waals surface area contributed by atoms with Crippen LogP contribution in [0.1, 0.15) is 52.7 Å². The summed E-state index contributed by atoms with van der Waals surface area (Å²) < 4.78 is 0. The maximum Gasteiger partial charge on any atom is 0.119 e. The number of benzene rings is 2. The Kier molecular flexibility index (Phi) is 10.9. The first-order valence-electron chi connectivity index (χ1n) is 7.60. The Morgan fingerprint density at radius 3 is 1.58 bits per heavy atom. The van der Waals surface area contributed by atoms with Crippen LogP contribution in [0.15, 0.2) is 48.5 Å². The topological polar surface area (TPSA) is 40.5 Å². The molecule has 0 aliphatic rings. The molecule has 0 spiro atoms. The maximum atomic E-state index is 9.45. The summed E-state index contributed by atoms with van der Waals surface area (Å²) in [7, 11) is 0. The van der Waals surface area contributed by atoms with Gasteiger partial charge in [0.05, 0.1) is 0 Å². The van der Waals surface area contributed by atoms with E-state index in [2.05, 4.69) is 41.5 Å². The zero-order valence-electron chi connectivity index (χ0n) is 15.4. The Bertz CT molecular complexity index is 614. The number of hydrogen-bond donors (Lipinski definition) is 2. The van der Waals surface area contributed by atoms with E-state index in [1.54, 1.807) is 18.2 Å². The number of aromatic hydroxyl groups is 2. The minimum Gasteiger partial charge on any atom is -0.508 e. The van der Waals surface area contributed by atoms with Gasteiger partial charge in [-0.25, -0.2) is 0 Å². The van der Waals surface area contributed by atoms with Gasteiger partial charge < -0.3 is 10.2 Å². The Morgan fingerprint density at radius 1 is 0.708 bits per heavy atom. The second kappa shape index (κ2) is 10.3. The van der Waals surface area contributed by atoms with Crippen LogP contribution in [0.3, 0.4) is 0 Å². The standard InChI is InChI=1S/2C10H14O.ClH.Zr/c1-10(2,3)8-5-4-6-9(11)7-8;1-10(2,3)8-6-4-5-7-9(8)11;;/h2*4-7,11H,1-3H3;1H;. The van der Waals surface area contributed by atoms with Gasteiger partial charge in [-0.05, 0) is 40.2 Å². The molecule has 2 aromatic carbocycles. The van der Waals surface area contributed by atoms with Crippen LogP contribution in [0.25, 0.3) is 0 Å². The SMILES string of the molecule is CC(C)(C)c1cccc(O)c1.CC(C)(C)c1ccccc1O.Cl.[Zr]. The normalized spacial score (nSPS) is 10.6. The van der Waals surface area contributed by atoms with Crippen LogP contribution in [0.5, 0.6) is 11.5 Å². The maximum absolute atomic E-state index is 9.45. The van der Waals surface area contributed by atoms with Crippen molar-refractivity contribution in [3.63, 3.8) is 0 Å². The zero-order chi connectivity index (χ0) is 17.0. The van der Waals surface area contributed by atoms with Crippen LogP contribution in [-0.4, -0.2) is 10.2 Å². The van der Waals surface area contributed by atoms with Crippen molar-refractivity contribution >= 4 is 12.4 Å². The first kappa shape index (κ1) is 25.5. The van der Waals surface area contributed by atoms with Crippen molar-refractivity contribution in [1.82, 2.24) is 0 Å². The van der Waals surface area contributed by atoms with E-state index in [-0.39, 0.29) is 49.4 Å². The number of halogens is 1. The van der Waals surface area contributed by atoms with Gasteiger partial charge in [0.2, 0.25) is 0 Å². The first-order valence-corrected chi connectivity index (χ1v) is 7.60. The number of phenolic OH excluding ortho intramolecular Hbond substituents is 2. The molecular formula is C20H29ClO2Zr. The Morgan fingerprint density at radius 2 is 1.25 bits per heavy atom. The third-order valence-corrected chi connectivity index (χ3v) is 3.42. The molecule has 0 saturated heterocycles. The molecule has 0 heterocycles. The predicted molar refractivity (Wildman–Crippen MR) is 101 cm³/mol. The molecule has 0 saturated carbocycles. The summed E-state index contributed by atoms with van der Waals surface area (Å²) in [6, 6.07) is 14.9. The van der Waals surface area contributed by atoms with Gasteiger partial charge in [-0.2, -0.15) is 0 Å². The van der Waals surface area contributed by atoms with Gasteiger partial charge in [0.1, 0.15) is 11.5 Å². The van der Waals surface area contributed by atoms with Gasteiger partial charge in [0, 0.05) is 26.2 Å². The zero-order valence-corrected chi connectivity index (χ0v) is 18.7. The molecule has 4 heteroatoms. The van der Waals surface area contributed by atoms with Gasteiger partial charge in [-0.15, -0.1) is 12.4 Å². The molecule has 132 valence electrons. The molecule has 0 amide bonds. The molecular weight excluding hydrogens is 399 g/mol. The van der Waals surface area contributed by atoms with Crippen molar-refractivity contribution in [2.75, 3.05) is 0 Å². The van der Waals surface area contributed by atoms with E-state index >= 15 is 0 Å². The summed E-state index contributed by atoms with van der Waals surface area (Å²) in [5.74, 6) is 0.734. The fraction of sp³-hybridized carbons (Fsp3) is 0.400. The summed E-state index contributed by atoms with van der Waals surface area (Å²) in [6.45, 7) is 12.6. The summed E-state index contributed by atoms with van der Waals surface area (Å²) in [5, 5.41) is 18.6. The summed E-state index contributed by atoms with van der Waals surface area (Å²) in [5.41, 5.74) is 2.32. The van der Waals surface area contributed by atoms with Crippen LogP contribution in [-0.2, 0) is 37.0 Å². The average molecular weight is 428 g/mol. The van der Waals surface area contributed by atoms with Crippen LogP contribution < -0.4 is 0 Å². The third-order valence-electron chi connectivity index (χ3n) is 3.42. The van der Waals surface area contributed by atoms with E-state index in [4.69, 9.17) is 0 Å². The Balaban J connectivity index is 0. The summed E-state index contributed by atoms with van der Waals surface area (Å²) >= 11 is 0. The van der Waals surface area contributed by atoms with E-state index in [0.29, 0.717) is 11.5 Å². The van der Waals surface area contributed by atoms with E-state index < -0.39 is 0 Å². The Labute approximate surface area is 171 Å². The van der Waals surface area contributed by atoms with E-state index in [1.807, 2.05) is 30.3 Å². The number of para-hydroxylation sites is 1. The largest absolute Gasteiger partial charge is 0.508 e. The number of hydrogen-bond acceptors (Lipinski definition) is 2. The molecule has 0 radical (unpaired) electrons. The van der Waals surface area contributed by atoms with Crippen LogP contribution in [0.2, 0.25) is 0 Å². The van der Waals surface area contributed by atoms with E-state index in [9.17, 15) is 10.2 Å². The average Bonchev–Trinajstić information content (AvgIpc) is 2.37. The smallest absolute Gasteiger partial charge is 0.119 e. The molecule has 0 aliphatic heterocycles. The molecule has 0 unspecified atom stereocenters. The van der Waals surface area contributed by atoms with Crippen molar-refractivity contribution in [2.24, 2.45) is 0 Å². The van der Waals surface area contributed by atoms with E-state index in [1.165, 1.54) is 0 Å². The third kappa shape index (κ3) is 8.35. The fourth-order valence-corrected chi connectivity index (χ4v) is 2.08. The minimum atomic E-state index is 0. The van der Waals surface area contributed by atoms with Crippen molar-refractivity contribution in [1.29, 1.82) is 0 Å². The first-order chi connectivity index (χ1) is 10.0. The monoisotopic (exact) mass is 426 g/mol. The second-order valence-electron chi connectivity index (χ2n) is 7.57. The minimum absolute atomic E-state index is 0. The number of phenols is 2. The summed E-state index contributed by atoms with van der Waals surface area (Å²) in [4.78, 5) is 0. The molecule has 24 heavy (non-hydrogen) atoms. The molecule has 0 bridgehead atoms. The molecule has 2 nitrogen and oxygen atoms in total. The molecule has 2 N–H and O–H groups in total. The van der Waals surface area contributed by atoms with Gasteiger partial charge in [-0.1, -0.05) is 71.9 Å². The predicted octanol–water partition coefficient (Wildman–Crippen LogP) is 5.80. The fourth-order valence-electron chi connectivity index (χ4n) is 2.08.